The van der Waals surface area contributed by atoms with Gasteiger partial charge in [-0.05, 0) is 23.1 Å². The molecule has 1 N–H and O–H groups in total. The van der Waals surface area contributed by atoms with E-state index in [2.05, 4.69) is 38.2 Å². The average Bonchev–Trinajstić information content (AvgIpc) is 2.32. The molecule has 0 aliphatic heterocycles. The molecule has 0 bridgehead atoms. The van der Waals surface area contributed by atoms with E-state index < -0.39 is 0 Å². The molecule has 20 heavy (non-hydrogen) atoms. The van der Waals surface area contributed by atoms with Gasteiger partial charge in [-0.15, -0.1) is 0 Å². The van der Waals surface area contributed by atoms with E-state index in [1.54, 1.807) is 0 Å². The molecular weight excluding hydrogens is 250 g/mol. The van der Waals surface area contributed by atoms with Gasteiger partial charge in [0.15, 0.2) is 0 Å². The maximum atomic E-state index is 11.7. The van der Waals surface area contributed by atoms with Crippen LogP contribution in [0.5, 0.6) is 5.75 Å². The third-order valence-electron chi connectivity index (χ3n) is 3.06. The Morgan fingerprint density at radius 2 is 1.60 bits per heavy atom. The number of ether oxygens (including phenoxy) is 1. The first-order valence-electron chi connectivity index (χ1n) is 7.12. The first kappa shape index (κ1) is 16.5. The molecule has 0 heterocycles. The zero-order valence-electron chi connectivity index (χ0n) is 13.5. The fraction of sp³-hybridized carbons (Fsp3) is 0.588. The number of nitrogens with one attached hydrogen (secondary N) is 1. The molecule has 1 rings (SSSR count). The Balaban J connectivity index is 2.38. The highest BCUT2D eigenvalue weighted by atomic mass is 16.5. The normalized spacial score (nSPS) is 12.1. The van der Waals surface area contributed by atoms with Crippen LogP contribution in [0.3, 0.4) is 0 Å². The maximum Gasteiger partial charge on any atom is 0.225 e. The van der Waals surface area contributed by atoms with Crippen LogP contribution in [-0.2, 0) is 10.2 Å². The Labute approximate surface area is 122 Å². The van der Waals surface area contributed by atoms with Crippen LogP contribution in [0.4, 0.5) is 0 Å². The summed E-state index contributed by atoms with van der Waals surface area (Å²) < 4.78 is 5.62. The number of carbonyl (C=O) groups is 1. The van der Waals surface area contributed by atoms with Crippen molar-refractivity contribution in [3.8, 4) is 5.75 Å². The van der Waals surface area contributed by atoms with Gasteiger partial charge in [0.25, 0.3) is 0 Å². The third kappa shape index (κ3) is 5.24. The summed E-state index contributed by atoms with van der Waals surface area (Å²) in [6.45, 7) is 13.3. The van der Waals surface area contributed by atoms with Crippen LogP contribution in [0, 0.1) is 5.41 Å². The molecule has 1 aromatic carbocycles. The highest BCUT2D eigenvalue weighted by Crippen LogP contribution is 2.24. The molecule has 112 valence electrons. The van der Waals surface area contributed by atoms with Crippen molar-refractivity contribution in [2.45, 2.75) is 47.0 Å². The fourth-order valence-electron chi connectivity index (χ4n) is 1.65. The summed E-state index contributed by atoms with van der Waals surface area (Å²) in [6, 6.07) is 8.13. The lowest BCUT2D eigenvalue weighted by Gasteiger charge is -2.19. The molecule has 0 atom stereocenters. The Morgan fingerprint density at radius 3 is 2.05 bits per heavy atom. The van der Waals surface area contributed by atoms with Gasteiger partial charge in [0.05, 0.1) is 6.54 Å². The van der Waals surface area contributed by atoms with Crippen LogP contribution in [0.25, 0.3) is 0 Å². The van der Waals surface area contributed by atoms with Crippen molar-refractivity contribution in [2.75, 3.05) is 13.2 Å². The third-order valence-corrected chi connectivity index (χ3v) is 3.06. The van der Waals surface area contributed by atoms with E-state index in [4.69, 9.17) is 4.74 Å². The van der Waals surface area contributed by atoms with Crippen LogP contribution >= 0.6 is 0 Å². The van der Waals surface area contributed by atoms with E-state index in [-0.39, 0.29) is 16.7 Å². The minimum absolute atomic E-state index is 0.0455. The summed E-state index contributed by atoms with van der Waals surface area (Å²) in [7, 11) is 0. The Morgan fingerprint density at radius 1 is 1.05 bits per heavy atom. The Kier molecular flexibility index (Phi) is 5.21. The van der Waals surface area contributed by atoms with Crippen LogP contribution in [0.1, 0.15) is 47.1 Å². The minimum atomic E-state index is -0.353. The highest BCUT2D eigenvalue weighted by molar-refractivity contribution is 5.81. The zero-order valence-corrected chi connectivity index (χ0v) is 13.5. The minimum Gasteiger partial charge on any atom is -0.492 e. The molecule has 3 heteroatoms. The smallest absolute Gasteiger partial charge is 0.225 e. The zero-order chi connectivity index (χ0) is 15.4. The molecule has 0 saturated carbocycles. The van der Waals surface area contributed by atoms with Crippen molar-refractivity contribution < 1.29 is 9.53 Å². The summed E-state index contributed by atoms with van der Waals surface area (Å²) in [5.74, 6) is 0.882. The second kappa shape index (κ2) is 6.29. The van der Waals surface area contributed by atoms with Gasteiger partial charge >= 0.3 is 0 Å². The van der Waals surface area contributed by atoms with Gasteiger partial charge in [-0.3, -0.25) is 4.79 Å². The molecule has 0 aromatic heterocycles. The van der Waals surface area contributed by atoms with Crippen LogP contribution < -0.4 is 10.1 Å². The predicted octanol–water partition coefficient (Wildman–Crippen LogP) is 3.53. The van der Waals surface area contributed by atoms with Crippen molar-refractivity contribution in [2.24, 2.45) is 5.41 Å². The van der Waals surface area contributed by atoms with Gasteiger partial charge in [-0.1, -0.05) is 53.7 Å². The summed E-state index contributed by atoms with van der Waals surface area (Å²) >= 11 is 0. The van der Waals surface area contributed by atoms with Gasteiger partial charge < -0.3 is 10.1 Å². The lowest BCUT2D eigenvalue weighted by molar-refractivity contribution is -0.128. The Bertz CT molecular complexity index is 436. The van der Waals surface area contributed by atoms with Crippen molar-refractivity contribution in [1.82, 2.24) is 5.32 Å². The number of benzene rings is 1. The number of hydrogen-bond acceptors (Lipinski definition) is 2. The van der Waals surface area contributed by atoms with E-state index in [1.165, 1.54) is 5.56 Å². The van der Waals surface area contributed by atoms with E-state index >= 15 is 0 Å². The van der Waals surface area contributed by atoms with Crippen LogP contribution in [-0.4, -0.2) is 19.1 Å². The molecular formula is C17H27NO2. The number of hydrogen-bond donors (Lipinski definition) is 1. The van der Waals surface area contributed by atoms with Crippen LogP contribution in [0.2, 0.25) is 0 Å². The molecule has 0 unspecified atom stereocenters. The number of carbonyl (C=O) groups excluding carboxylic acids is 1. The molecule has 0 aliphatic carbocycles. The van der Waals surface area contributed by atoms with Gasteiger partial charge in [0.2, 0.25) is 5.91 Å². The number of amides is 1. The van der Waals surface area contributed by atoms with Crippen LogP contribution in [0.15, 0.2) is 24.3 Å². The number of rotatable bonds is 4. The lowest BCUT2D eigenvalue weighted by Crippen LogP contribution is -2.37. The van der Waals surface area contributed by atoms with E-state index in [9.17, 15) is 4.79 Å². The highest BCUT2D eigenvalue weighted by Gasteiger charge is 2.20. The van der Waals surface area contributed by atoms with Crippen molar-refractivity contribution in [3.63, 3.8) is 0 Å². The van der Waals surface area contributed by atoms with E-state index in [0.717, 1.165) is 5.75 Å². The van der Waals surface area contributed by atoms with Crippen molar-refractivity contribution >= 4 is 5.91 Å². The SMILES string of the molecule is CC(C)(C)C(=O)NCCOc1ccc(C(C)(C)C)cc1. The molecule has 1 amide bonds. The molecule has 0 spiro atoms. The fourth-order valence-corrected chi connectivity index (χ4v) is 1.65. The summed E-state index contributed by atoms with van der Waals surface area (Å²) in [4.78, 5) is 11.7. The molecule has 3 nitrogen and oxygen atoms in total. The Hall–Kier alpha value is -1.51. The monoisotopic (exact) mass is 277 g/mol. The maximum absolute atomic E-state index is 11.7. The average molecular weight is 277 g/mol. The first-order chi connectivity index (χ1) is 9.10. The summed E-state index contributed by atoms with van der Waals surface area (Å²) in [5, 5.41) is 2.86. The van der Waals surface area contributed by atoms with E-state index in [1.807, 2.05) is 32.9 Å². The van der Waals surface area contributed by atoms with Crippen molar-refractivity contribution in [1.29, 1.82) is 0 Å². The standard InChI is InChI=1S/C17H27NO2/c1-16(2,3)13-7-9-14(10-8-13)20-12-11-18-15(19)17(4,5)6/h7-10H,11-12H2,1-6H3,(H,18,19). The van der Waals surface area contributed by atoms with Gasteiger partial charge in [-0.25, -0.2) is 0 Å². The molecule has 0 aliphatic rings. The van der Waals surface area contributed by atoms with Gasteiger partial charge in [0.1, 0.15) is 12.4 Å². The largest absolute Gasteiger partial charge is 0.492 e. The molecule has 0 saturated heterocycles. The molecule has 1 aromatic rings. The summed E-state index contributed by atoms with van der Waals surface area (Å²) in [5.41, 5.74) is 1.08. The quantitative estimate of drug-likeness (QED) is 0.855. The van der Waals surface area contributed by atoms with Crippen molar-refractivity contribution in [3.05, 3.63) is 29.8 Å². The second-order valence-electron chi connectivity index (χ2n) is 7.13. The van der Waals surface area contributed by atoms with Gasteiger partial charge in [0, 0.05) is 5.41 Å². The van der Waals surface area contributed by atoms with Gasteiger partial charge in [-0.2, -0.15) is 0 Å². The predicted molar refractivity (Wildman–Crippen MR) is 83.1 cm³/mol. The first-order valence-corrected chi connectivity index (χ1v) is 7.12. The summed E-state index contributed by atoms with van der Waals surface area (Å²) in [6.07, 6.45) is 0. The molecule has 0 fully saturated rings. The topological polar surface area (TPSA) is 38.3 Å². The lowest BCUT2D eigenvalue weighted by atomic mass is 9.87. The molecule has 0 radical (unpaired) electrons. The van der Waals surface area contributed by atoms with E-state index in [0.29, 0.717) is 13.2 Å². The second-order valence-corrected chi connectivity index (χ2v) is 7.13.